The zero-order valence-corrected chi connectivity index (χ0v) is 10.4. The molecule has 1 aromatic carbocycles. The van der Waals surface area contributed by atoms with Gasteiger partial charge in [0.05, 0.1) is 11.6 Å². The van der Waals surface area contributed by atoms with Crippen molar-refractivity contribution >= 4 is 11.6 Å². The normalized spacial score (nSPS) is 12.2. The number of benzene rings is 1. The number of anilines is 1. The number of amides is 1. The van der Waals surface area contributed by atoms with Gasteiger partial charge in [-0.05, 0) is 30.5 Å². The van der Waals surface area contributed by atoms with Crippen LogP contribution in [0.2, 0.25) is 0 Å². The van der Waals surface area contributed by atoms with Crippen molar-refractivity contribution in [3.8, 4) is 5.75 Å². The molecule has 0 fully saturated rings. The maximum absolute atomic E-state index is 11.8. The average Bonchev–Trinajstić information content (AvgIpc) is 2.33. The first-order valence-electron chi connectivity index (χ1n) is 5.95. The number of aryl methyl sites for hydroxylation is 1. The topological polar surface area (TPSA) is 75.3 Å². The van der Waals surface area contributed by atoms with Gasteiger partial charge >= 0.3 is 0 Å². The highest BCUT2D eigenvalue weighted by Gasteiger charge is 2.15. The van der Waals surface area contributed by atoms with Gasteiger partial charge in [0.25, 0.3) is 0 Å². The van der Waals surface area contributed by atoms with Crippen LogP contribution in [0, 0.1) is 5.92 Å². The molecule has 1 atom stereocenters. The van der Waals surface area contributed by atoms with Crippen molar-refractivity contribution < 1.29 is 9.90 Å². The number of nitrogens with two attached hydrogens (primary N) is 1. The van der Waals surface area contributed by atoms with Crippen LogP contribution in [0.25, 0.3) is 0 Å². The van der Waals surface area contributed by atoms with E-state index in [4.69, 9.17) is 5.73 Å². The van der Waals surface area contributed by atoms with E-state index in [1.165, 1.54) is 0 Å². The Hall–Kier alpha value is -1.55. The Morgan fingerprint density at radius 3 is 2.71 bits per heavy atom. The molecule has 94 valence electrons. The summed E-state index contributed by atoms with van der Waals surface area (Å²) in [7, 11) is 0. The Labute approximate surface area is 102 Å². The molecule has 4 N–H and O–H groups in total. The number of carbonyl (C=O) groups excluding carboxylic acids is 1. The quantitative estimate of drug-likeness (QED) is 0.683. The Morgan fingerprint density at radius 1 is 1.47 bits per heavy atom. The average molecular weight is 236 g/mol. The number of aromatic hydroxyl groups is 1. The van der Waals surface area contributed by atoms with Gasteiger partial charge in [0, 0.05) is 6.54 Å². The third-order valence-electron chi connectivity index (χ3n) is 2.88. The van der Waals surface area contributed by atoms with E-state index in [-0.39, 0.29) is 17.6 Å². The number of hydrogen-bond donors (Lipinski definition) is 3. The Kier molecular flexibility index (Phi) is 4.97. The molecular formula is C13H20N2O2. The molecule has 0 saturated carbocycles. The Bertz CT molecular complexity index is 387. The van der Waals surface area contributed by atoms with Crippen LogP contribution in [0.5, 0.6) is 5.75 Å². The van der Waals surface area contributed by atoms with Gasteiger partial charge in [-0.1, -0.05) is 19.9 Å². The van der Waals surface area contributed by atoms with Crippen LogP contribution in [0.1, 0.15) is 25.8 Å². The number of phenolic OH excluding ortho intramolecular Hbond substituents is 1. The van der Waals surface area contributed by atoms with E-state index in [1.807, 2.05) is 19.9 Å². The SMILES string of the molecule is CCc1ccc(O)c(NC(=O)C(CC)CN)c1. The summed E-state index contributed by atoms with van der Waals surface area (Å²) in [5.41, 5.74) is 7.04. The fourth-order valence-electron chi connectivity index (χ4n) is 1.60. The third-order valence-corrected chi connectivity index (χ3v) is 2.88. The fourth-order valence-corrected chi connectivity index (χ4v) is 1.60. The molecule has 1 rings (SSSR count). The van der Waals surface area contributed by atoms with E-state index in [9.17, 15) is 9.90 Å². The summed E-state index contributed by atoms with van der Waals surface area (Å²) >= 11 is 0. The van der Waals surface area contributed by atoms with Crippen molar-refractivity contribution in [1.29, 1.82) is 0 Å². The second kappa shape index (κ2) is 6.25. The van der Waals surface area contributed by atoms with E-state index in [1.54, 1.807) is 12.1 Å². The summed E-state index contributed by atoms with van der Waals surface area (Å²) in [5, 5.41) is 12.4. The van der Waals surface area contributed by atoms with Gasteiger partial charge in [-0.25, -0.2) is 0 Å². The Morgan fingerprint density at radius 2 is 2.18 bits per heavy atom. The van der Waals surface area contributed by atoms with Gasteiger partial charge in [0.15, 0.2) is 0 Å². The van der Waals surface area contributed by atoms with Gasteiger partial charge in [0.1, 0.15) is 5.75 Å². The highest BCUT2D eigenvalue weighted by atomic mass is 16.3. The molecule has 4 heteroatoms. The van der Waals surface area contributed by atoms with Gasteiger partial charge in [0.2, 0.25) is 5.91 Å². The van der Waals surface area contributed by atoms with Crippen LogP contribution in [-0.2, 0) is 11.2 Å². The number of nitrogens with one attached hydrogen (secondary N) is 1. The van der Waals surface area contributed by atoms with Crippen molar-refractivity contribution in [3.05, 3.63) is 23.8 Å². The zero-order chi connectivity index (χ0) is 12.8. The molecule has 1 amide bonds. The molecule has 17 heavy (non-hydrogen) atoms. The summed E-state index contributed by atoms with van der Waals surface area (Å²) in [6, 6.07) is 5.22. The van der Waals surface area contributed by atoms with E-state index < -0.39 is 0 Å². The van der Waals surface area contributed by atoms with Gasteiger partial charge in [-0.3, -0.25) is 4.79 Å². The van der Waals surface area contributed by atoms with E-state index >= 15 is 0 Å². The lowest BCUT2D eigenvalue weighted by Crippen LogP contribution is -2.28. The molecule has 1 aromatic rings. The lowest BCUT2D eigenvalue weighted by atomic mass is 10.1. The number of rotatable bonds is 5. The molecule has 4 nitrogen and oxygen atoms in total. The minimum atomic E-state index is -0.209. The summed E-state index contributed by atoms with van der Waals surface area (Å²) in [6.07, 6.45) is 1.55. The standard InChI is InChI=1S/C13H20N2O2/c1-3-9-5-6-12(16)11(7-9)15-13(17)10(4-2)8-14/h5-7,10,16H,3-4,8,14H2,1-2H3,(H,15,17). The van der Waals surface area contributed by atoms with Crippen molar-refractivity contribution in [2.75, 3.05) is 11.9 Å². The number of carbonyl (C=O) groups is 1. The van der Waals surface area contributed by atoms with Crippen LogP contribution in [0.3, 0.4) is 0 Å². The minimum absolute atomic E-state index is 0.0856. The van der Waals surface area contributed by atoms with Crippen molar-refractivity contribution in [3.63, 3.8) is 0 Å². The largest absolute Gasteiger partial charge is 0.506 e. The summed E-state index contributed by atoms with van der Waals surface area (Å²) in [4.78, 5) is 11.8. The molecule has 1 unspecified atom stereocenters. The highest BCUT2D eigenvalue weighted by molar-refractivity contribution is 5.94. The number of hydrogen-bond acceptors (Lipinski definition) is 3. The van der Waals surface area contributed by atoms with E-state index in [2.05, 4.69) is 5.32 Å². The van der Waals surface area contributed by atoms with E-state index in [0.717, 1.165) is 12.0 Å². The van der Waals surface area contributed by atoms with Gasteiger partial charge in [-0.2, -0.15) is 0 Å². The lowest BCUT2D eigenvalue weighted by Gasteiger charge is -2.14. The maximum atomic E-state index is 11.8. The van der Waals surface area contributed by atoms with Crippen molar-refractivity contribution in [2.45, 2.75) is 26.7 Å². The fraction of sp³-hybridized carbons (Fsp3) is 0.462. The molecule has 0 bridgehead atoms. The Balaban J connectivity index is 2.83. The zero-order valence-electron chi connectivity index (χ0n) is 10.4. The molecule has 0 aliphatic heterocycles. The van der Waals surface area contributed by atoms with Crippen LogP contribution in [-0.4, -0.2) is 17.6 Å². The van der Waals surface area contributed by atoms with Gasteiger partial charge in [-0.15, -0.1) is 0 Å². The van der Waals surface area contributed by atoms with Crippen LogP contribution < -0.4 is 11.1 Å². The summed E-state index contributed by atoms with van der Waals surface area (Å²) < 4.78 is 0. The molecule has 0 radical (unpaired) electrons. The van der Waals surface area contributed by atoms with E-state index in [0.29, 0.717) is 18.7 Å². The lowest BCUT2D eigenvalue weighted by molar-refractivity contribution is -0.119. The minimum Gasteiger partial charge on any atom is -0.506 e. The molecule has 0 spiro atoms. The molecule has 0 saturated heterocycles. The molecule has 0 heterocycles. The molecule has 0 aliphatic rings. The van der Waals surface area contributed by atoms with Crippen LogP contribution in [0.15, 0.2) is 18.2 Å². The molecule has 0 aliphatic carbocycles. The van der Waals surface area contributed by atoms with Crippen LogP contribution in [0.4, 0.5) is 5.69 Å². The predicted molar refractivity (Wildman–Crippen MR) is 68.9 cm³/mol. The van der Waals surface area contributed by atoms with Crippen molar-refractivity contribution in [2.24, 2.45) is 11.7 Å². The second-order valence-electron chi connectivity index (χ2n) is 4.04. The van der Waals surface area contributed by atoms with Crippen molar-refractivity contribution in [1.82, 2.24) is 0 Å². The molecular weight excluding hydrogens is 216 g/mol. The highest BCUT2D eigenvalue weighted by Crippen LogP contribution is 2.25. The smallest absolute Gasteiger partial charge is 0.228 e. The van der Waals surface area contributed by atoms with Crippen LogP contribution >= 0.6 is 0 Å². The first-order chi connectivity index (χ1) is 8.12. The maximum Gasteiger partial charge on any atom is 0.228 e. The monoisotopic (exact) mass is 236 g/mol. The third kappa shape index (κ3) is 3.46. The van der Waals surface area contributed by atoms with Gasteiger partial charge < -0.3 is 16.2 Å². The second-order valence-corrected chi connectivity index (χ2v) is 4.04. The predicted octanol–water partition coefficient (Wildman–Crippen LogP) is 1.88. The molecule has 0 aromatic heterocycles. The number of phenols is 1. The summed E-state index contributed by atoms with van der Waals surface area (Å²) in [5.74, 6) is -0.263. The first kappa shape index (κ1) is 13.5. The summed E-state index contributed by atoms with van der Waals surface area (Å²) in [6.45, 7) is 4.25. The first-order valence-corrected chi connectivity index (χ1v) is 5.95.